The normalized spacial score (nSPS) is 9.75. The Morgan fingerprint density at radius 3 is 2.85 bits per heavy atom. The second kappa shape index (κ2) is 6.29. The maximum atomic E-state index is 12.0. The summed E-state index contributed by atoms with van der Waals surface area (Å²) in [6.07, 6.45) is 0. The summed E-state index contributed by atoms with van der Waals surface area (Å²) in [6, 6.07) is 8.23. The minimum absolute atomic E-state index is 0.212. The highest BCUT2D eigenvalue weighted by atomic mass is 35.5. The van der Waals surface area contributed by atoms with Crippen LogP contribution in [-0.4, -0.2) is 17.6 Å². The van der Waals surface area contributed by atoms with Crippen LogP contribution in [0.3, 0.4) is 0 Å². The Hall–Kier alpha value is -2.22. The average molecular weight is 290 g/mol. The van der Waals surface area contributed by atoms with Gasteiger partial charge in [0.25, 0.3) is 5.91 Å². The number of amides is 1. The molecule has 2 N–H and O–H groups in total. The number of hydrogen-bond acceptors (Lipinski definition) is 3. The number of carbonyl (C=O) groups is 1. The first-order chi connectivity index (χ1) is 9.60. The third kappa shape index (κ3) is 3.41. The van der Waals surface area contributed by atoms with Gasteiger partial charge in [-0.25, -0.2) is 0 Å². The fraction of sp³-hybridized carbons (Fsp3) is 0.133. The molecule has 0 aliphatic carbocycles. The molecule has 0 fully saturated rings. The molecule has 0 bridgehead atoms. The number of benzene rings is 1. The van der Waals surface area contributed by atoms with Gasteiger partial charge in [-0.05, 0) is 37.3 Å². The average Bonchev–Trinajstić information content (AvgIpc) is 2.85. The molecular formula is C15H12ClNO3. The minimum atomic E-state index is -0.382. The molecule has 0 spiro atoms. The van der Waals surface area contributed by atoms with Crippen LogP contribution in [0.15, 0.2) is 34.7 Å². The van der Waals surface area contributed by atoms with Crippen molar-refractivity contribution < 1.29 is 14.3 Å². The van der Waals surface area contributed by atoms with E-state index in [4.69, 9.17) is 21.1 Å². The van der Waals surface area contributed by atoms with Gasteiger partial charge in [0.15, 0.2) is 5.76 Å². The fourth-order valence-corrected chi connectivity index (χ4v) is 1.78. The van der Waals surface area contributed by atoms with E-state index in [0.717, 1.165) is 0 Å². The molecule has 102 valence electrons. The van der Waals surface area contributed by atoms with E-state index >= 15 is 0 Å². The zero-order valence-corrected chi connectivity index (χ0v) is 11.5. The lowest BCUT2D eigenvalue weighted by Gasteiger charge is -2.06. The first-order valence-corrected chi connectivity index (χ1v) is 6.25. The molecule has 0 radical (unpaired) electrons. The molecule has 1 aromatic carbocycles. The molecule has 0 unspecified atom stereocenters. The summed E-state index contributed by atoms with van der Waals surface area (Å²) in [5, 5.41) is 11.9. The molecule has 0 saturated heterocycles. The summed E-state index contributed by atoms with van der Waals surface area (Å²) in [5.74, 6) is 5.76. The molecule has 1 heterocycles. The van der Waals surface area contributed by atoms with Crippen molar-refractivity contribution >= 4 is 23.2 Å². The van der Waals surface area contributed by atoms with Gasteiger partial charge in [0.2, 0.25) is 0 Å². The predicted molar refractivity (Wildman–Crippen MR) is 76.8 cm³/mol. The molecule has 1 amide bonds. The Morgan fingerprint density at radius 2 is 2.20 bits per heavy atom. The lowest BCUT2D eigenvalue weighted by atomic mass is 10.1. The topological polar surface area (TPSA) is 62.5 Å². The Balaban J connectivity index is 2.28. The van der Waals surface area contributed by atoms with E-state index in [1.807, 2.05) is 0 Å². The third-order valence-electron chi connectivity index (χ3n) is 2.50. The first kappa shape index (κ1) is 14.2. The van der Waals surface area contributed by atoms with E-state index in [0.29, 0.717) is 22.0 Å². The Labute approximate surface area is 121 Å². The fourth-order valence-electron chi connectivity index (χ4n) is 1.60. The molecule has 1 aromatic heterocycles. The van der Waals surface area contributed by atoms with Crippen molar-refractivity contribution in [1.82, 2.24) is 0 Å². The number of anilines is 1. The highest BCUT2D eigenvalue weighted by molar-refractivity contribution is 6.31. The molecule has 20 heavy (non-hydrogen) atoms. The van der Waals surface area contributed by atoms with E-state index in [2.05, 4.69) is 17.2 Å². The van der Waals surface area contributed by atoms with Crippen molar-refractivity contribution in [3.63, 3.8) is 0 Å². The van der Waals surface area contributed by atoms with Crippen molar-refractivity contribution in [2.24, 2.45) is 0 Å². The summed E-state index contributed by atoms with van der Waals surface area (Å²) in [6.45, 7) is 1.50. The highest BCUT2D eigenvalue weighted by Crippen LogP contribution is 2.21. The highest BCUT2D eigenvalue weighted by Gasteiger charge is 2.12. The van der Waals surface area contributed by atoms with Crippen LogP contribution in [0.5, 0.6) is 0 Å². The molecule has 2 rings (SSSR count). The maximum absolute atomic E-state index is 12.0. The molecular weight excluding hydrogens is 278 g/mol. The van der Waals surface area contributed by atoms with Crippen LogP contribution < -0.4 is 5.32 Å². The number of carbonyl (C=O) groups excluding carboxylic acids is 1. The SMILES string of the molecule is Cc1ccc(C(=O)Nc2cc(Cl)ccc2C#CCO)o1. The van der Waals surface area contributed by atoms with Crippen molar-refractivity contribution in [1.29, 1.82) is 0 Å². The first-order valence-electron chi connectivity index (χ1n) is 5.87. The van der Waals surface area contributed by atoms with Crippen molar-refractivity contribution in [2.45, 2.75) is 6.92 Å². The molecule has 5 heteroatoms. The summed E-state index contributed by atoms with van der Waals surface area (Å²) >= 11 is 5.91. The number of furan rings is 1. The Kier molecular flexibility index (Phi) is 4.46. The second-order valence-electron chi connectivity index (χ2n) is 4.01. The number of nitrogens with one attached hydrogen (secondary N) is 1. The third-order valence-corrected chi connectivity index (χ3v) is 2.73. The van der Waals surface area contributed by atoms with Crippen LogP contribution in [0.1, 0.15) is 21.9 Å². The number of rotatable bonds is 2. The van der Waals surface area contributed by atoms with E-state index in [-0.39, 0.29) is 18.3 Å². The number of hydrogen-bond donors (Lipinski definition) is 2. The summed E-state index contributed by atoms with van der Waals surface area (Å²) < 4.78 is 5.25. The van der Waals surface area contributed by atoms with Gasteiger partial charge in [0.1, 0.15) is 12.4 Å². The summed E-state index contributed by atoms with van der Waals surface area (Å²) in [7, 11) is 0. The lowest BCUT2D eigenvalue weighted by Crippen LogP contribution is -2.12. The molecule has 0 aliphatic heterocycles. The van der Waals surface area contributed by atoms with Gasteiger partial charge in [0.05, 0.1) is 5.69 Å². The zero-order chi connectivity index (χ0) is 14.5. The maximum Gasteiger partial charge on any atom is 0.291 e. The van der Waals surface area contributed by atoms with E-state index < -0.39 is 0 Å². The monoisotopic (exact) mass is 289 g/mol. The van der Waals surface area contributed by atoms with Gasteiger partial charge in [-0.3, -0.25) is 4.79 Å². The van der Waals surface area contributed by atoms with Gasteiger partial charge in [-0.15, -0.1) is 0 Å². The largest absolute Gasteiger partial charge is 0.456 e. The summed E-state index contributed by atoms with van der Waals surface area (Å²) in [5.41, 5.74) is 1.04. The number of aliphatic hydroxyl groups is 1. The Morgan fingerprint density at radius 1 is 1.40 bits per heavy atom. The number of halogens is 1. The quantitative estimate of drug-likeness (QED) is 0.836. The smallest absolute Gasteiger partial charge is 0.291 e. The minimum Gasteiger partial charge on any atom is -0.456 e. The van der Waals surface area contributed by atoms with Crippen molar-refractivity contribution in [3.05, 3.63) is 52.4 Å². The van der Waals surface area contributed by atoms with Gasteiger partial charge in [-0.2, -0.15) is 0 Å². The van der Waals surface area contributed by atoms with Crippen LogP contribution in [0, 0.1) is 18.8 Å². The standard InChI is InChI=1S/C15H12ClNO3/c1-10-4-7-14(20-10)15(19)17-13-9-12(16)6-5-11(13)3-2-8-18/h4-7,9,18H,8H2,1H3,(H,17,19). The molecule has 0 atom stereocenters. The van der Waals surface area contributed by atoms with Crippen LogP contribution in [-0.2, 0) is 0 Å². The molecule has 0 saturated carbocycles. The van der Waals surface area contributed by atoms with Crippen LogP contribution in [0.2, 0.25) is 5.02 Å². The van der Waals surface area contributed by atoms with E-state index in [9.17, 15) is 4.79 Å². The molecule has 4 nitrogen and oxygen atoms in total. The van der Waals surface area contributed by atoms with Gasteiger partial charge in [0, 0.05) is 10.6 Å². The van der Waals surface area contributed by atoms with E-state index in [1.54, 1.807) is 37.3 Å². The number of aliphatic hydroxyl groups excluding tert-OH is 1. The number of aryl methyl sites for hydroxylation is 1. The van der Waals surface area contributed by atoms with Gasteiger partial charge >= 0.3 is 0 Å². The second-order valence-corrected chi connectivity index (χ2v) is 4.45. The zero-order valence-electron chi connectivity index (χ0n) is 10.7. The van der Waals surface area contributed by atoms with Crippen molar-refractivity contribution in [3.8, 4) is 11.8 Å². The van der Waals surface area contributed by atoms with Crippen molar-refractivity contribution in [2.75, 3.05) is 11.9 Å². The van der Waals surface area contributed by atoms with Crippen LogP contribution >= 0.6 is 11.6 Å². The molecule has 0 aliphatic rings. The van der Waals surface area contributed by atoms with E-state index in [1.165, 1.54) is 0 Å². The van der Waals surface area contributed by atoms with Crippen LogP contribution in [0.4, 0.5) is 5.69 Å². The summed E-state index contributed by atoms with van der Waals surface area (Å²) in [4.78, 5) is 12.0. The predicted octanol–water partition coefficient (Wildman–Crippen LogP) is 2.84. The Bertz CT molecular complexity index is 695. The van der Waals surface area contributed by atoms with Gasteiger partial charge < -0.3 is 14.8 Å². The lowest BCUT2D eigenvalue weighted by molar-refractivity contribution is 0.0995. The van der Waals surface area contributed by atoms with Crippen LogP contribution in [0.25, 0.3) is 0 Å². The molecule has 2 aromatic rings. The van der Waals surface area contributed by atoms with Gasteiger partial charge in [-0.1, -0.05) is 23.4 Å².